The van der Waals surface area contributed by atoms with Crippen molar-refractivity contribution in [3.05, 3.63) is 17.3 Å². The van der Waals surface area contributed by atoms with Gasteiger partial charge >= 0.3 is 5.97 Å². The summed E-state index contributed by atoms with van der Waals surface area (Å²) >= 11 is 0. The lowest BCUT2D eigenvalue weighted by atomic mass is 10.1. The topological polar surface area (TPSA) is 91.2 Å². The van der Waals surface area contributed by atoms with E-state index in [0.29, 0.717) is 0 Å². The smallest absolute Gasteiger partial charge is 0.310 e. The Bertz CT molecular complexity index is 424. The van der Waals surface area contributed by atoms with Gasteiger partial charge < -0.3 is 16.2 Å². The first-order valence-electron chi connectivity index (χ1n) is 4.94. The highest BCUT2D eigenvalue weighted by molar-refractivity contribution is 5.75. The van der Waals surface area contributed by atoms with E-state index in [1.54, 1.807) is 6.92 Å². The fraction of sp³-hybridized carbons (Fsp3) is 0.400. The van der Waals surface area contributed by atoms with Crippen LogP contribution in [0.15, 0.2) is 6.07 Å². The number of nitrogens with two attached hydrogens (primary N) is 2. The van der Waals surface area contributed by atoms with Crippen LogP contribution in [0.2, 0.25) is 0 Å². The number of carbonyl (C=O) groups excluding carboxylic acids is 1. The lowest BCUT2D eigenvalue weighted by Crippen LogP contribution is -2.12. The van der Waals surface area contributed by atoms with E-state index >= 15 is 0 Å². The maximum Gasteiger partial charge on any atom is 0.310 e. The molecule has 7 heteroatoms. The molecule has 0 atom stereocenters. The highest BCUT2D eigenvalue weighted by atomic mass is 19.3. The van der Waals surface area contributed by atoms with Crippen molar-refractivity contribution in [2.45, 2.75) is 19.8 Å². The van der Waals surface area contributed by atoms with Gasteiger partial charge in [-0.25, -0.2) is 13.8 Å². The van der Waals surface area contributed by atoms with Crippen molar-refractivity contribution in [1.82, 2.24) is 4.98 Å². The maximum atomic E-state index is 12.4. The minimum Gasteiger partial charge on any atom is -0.466 e. The normalized spacial score (nSPS) is 10.6. The number of nitrogen functional groups attached to an aromatic ring is 2. The van der Waals surface area contributed by atoms with Crippen LogP contribution in [0.3, 0.4) is 0 Å². The molecule has 0 saturated heterocycles. The largest absolute Gasteiger partial charge is 0.466 e. The molecular weight excluding hydrogens is 232 g/mol. The fourth-order valence-electron chi connectivity index (χ4n) is 1.29. The molecule has 1 aromatic rings. The van der Waals surface area contributed by atoms with Gasteiger partial charge in [0.2, 0.25) is 0 Å². The van der Waals surface area contributed by atoms with E-state index in [1.807, 2.05) is 0 Å². The minimum absolute atomic E-state index is 0.137. The quantitative estimate of drug-likeness (QED) is 0.780. The monoisotopic (exact) mass is 245 g/mol. The van der Waals surface area contributed by atoms with Crippen molar-refractivity contribution >= 4 is 17.5 Å². The number of pyridine rings is 1. The number of alkyl halides is 2. The van der Waals surface area contributed by atoms with Crippen LogP contribution in [0.25, 0.3) is 0 Å². The number of halogens is 2. The highest BCUT2D eigenvalue weighted by Crippen LogP contribution is 2.26. The summed E-state index contributed by atoms with van der Waals surface area (Å²) in [4.78, 5) is 14.7. The summed E-state index contributed by atoms with van der Waals surface area (Å²) < 4.78 is 29.6. The van der Waals surface area contributed by atoms with E-state index in [9.17, 15) is 13.6 Å². The third kappa shape index (κ3) is 3.27. The second-order valence-corrected chi connectivity index (χ2v) is 3.29. The molecular formula is C10H13F2N3O2. The molecule has 17 heavy (non-hydrogen) atoms. The van der Waals surface area contributed by atoms with Crippen LogP contribution in [0.5, 0.6) is 0 Å². The second kappa shape index (κ2) is 5.42. The lowest BCUT2D eigenvalue weighted by Gasteiger charge is -2.09. The Balaban J connectivity index is 2.95. The molecule has 1 aromatic heterocycles. The Labute approximate surface area is 96.8 Å². The van der Waals surface area contributed by atoms with Gasteiger partial charge in [0, 0.05) is 5.56 Å². The standard InChI is InChI=1S/C10H13F2N3O2/c1-2-17-7(16)4-5-3-6(13)8(9(11)12)15-10(5)14/h3,9H,2,4,13H2,1H3,(H2,14,15). The number of ether oxygens (including phenoxy) is 1. The van der Waals surface area contributed by atoms with Gasteiger partial charge in [-0.2, -0.15) is 0 Å². The Hall–Kier alpha value is -1.92. The van der Waals surface area contributed by atoms with Crippen LogP contribution >= 0.6 is 0 Å². The van der Waals surface area contributed by atoms with Crippen molar-refractivity contribution < 1.29 is 18.3 Å². The Morgan fingerprint density at radius 3 is 2.71 bits per heavy atom. The molecule has 94 valence electrons. The van der Waals surface area contributed by atoms with Crippen molar-refractivity contribution in [1.29, 1.82) is 0 Å². The number of esters is 1. The molecule has 0 bridgehead atoms. The van der Waals surface area contributed by atoms with E-state index in [2.05, 4.69) is 4.98 Å². The molecule has 0 radical (unpaired) electrons. The van der Waals surface area contributed by atoms with Gasteiger partial charge in [0.05, 0.1) is 18.7 Å². The Morgan fingerprint density at radius 1 is 1.53 bits per heavy atom. The summed E-state index contributed by atoms with van der Waals surface area (Å²) in [7, 11) is 0. The molecule has 4 N–H and O–H groups in total. The number of aromatic nitrogens is 1. The van der Waals surface area contributed by atoms with Gasteiger partial charge in [0.15, 0.2) is 0 Å². The number of carbonyl (C=O) groups is 1. The fourth-order valence-corrected chi connectivity index (χ4v) is 1.29. The van der Waals surface area contributed by atoms with E-state index in [1.165, 1.54) is 6.07 Å². The summed E-state index contributed by atoms with van der Waals surface area (Å²) in [6.07, 6.45) is -2.94. The summed E-state index contributed by atoms with van der Waals surface area (Å²) in [5.41, 5.74) is 10.4. The summed E-state index contributed by atoms with van der Waals surface area (Å²) in [5.74, 6) is -0.646. The van der Waals surface area contributed by atoms with Crippen LogP contribution in [0.4, 0.5) is 20.3 Å². The van der Waals surface area contributed by atoms with Crippen LogP contribution < -0.4 is 11.5 Å². The summed E-state index contributed by atoms with van der Waals surface area (Å²) in [5, 5.41) is 0. The molecule has 1 heterocycles. The molecule has 0 aliphatic heterocycles. The number of hydrogen-bond donors (Lipinski definition) is 2. The molecule has 0 unspecified atom stereocenters. The summed E-state index contributed by atoms with van der Waals surface area (Å²) in [6.45, 7) is 1.89. The predicted octanol–water partition coefficient (Wildman–Crippen LogP) is 1.29. The Kier molecular flexibility index (Phi) is 4.19. The Morgan fingerprint density at radius 2 is 2.18 bits per heavy atom. The van der Waals surface area contributed by atoms with Crippen molar-refractivity contribution in [2.75, 3.05) is 18.1 Å². The van der Waals surface area contributed by atoms with Gasteiger partial charge in [0.1, 0.15) is 11.5 Å². The van der Waals surface area contributed by atoms with Crippen LogP contribution in [-0.2, 0) is 16.0 Å². The van der Waals surface area contributed by atoms with E-state index in [-0.39, 0.29) is 30.1 Å². The average Bonchev–Trinajstić information content (AvgIpc) is 2.22. The van der Waals surface area contributed by atoms with Crippen molar-refractivity contribution in [3.8, 4) is 0 Å². The minimum atomic E-state index is -2.80. The zero-order valence-corrected chi connectivity index (χ0v) is 9.24. The predicted molar refractivity (Wildman–Crippen MR) is 58.4 cm³/mol. The molecule has 0 aliphatic rings. The molecule has 5 nitrogen and oxygen atoms in total. The van der Waals surface area contributed by atoms with Gasteiger partial charge in [-0.1, -0.05) is 0 Å². The van der Waals surface area contributed by atoms with Gasteiger partial charge in [-0.15, -0.1) is 0 Å². The molecule has 0 saturated carbocycles. The highest BCUT2D eigenvalue weighted by Gasteiger charge is 2.17. The zero-order valence-electron chi connectivity index (χ0n) is 9.24. The lowest BCUT2D eigenvalue weighted by molar-refractivity contribution is -0.142. The number of hydrogen-bond acceptors (Lipinski definition) is 5. The van der Waals surface area contributed by atoms with E-state index < -0.39 is 18.1 Å². The molecule has 0 fully saturated rings. The van der Waals surface area contributed by atoms with Gasteiger partial charge in [0.25, 0.3) is 6.43 Å². The average molecular weight is 245 g/mol. The molecule has 0 spiro atoms. The number of anilines is 2. The van der Waals surface area contributed by atoms with Gasteiger partial charge in [-0.05, 0) is 13.0 Å². The third-order valence-corrected chi connectivity index (χ3v) is 2.04. The van der Waals surface area contributed by atoms with E-state index in [0.717, 1.165) is 0 Å². The molecule has 0 amide bonds. The van der Waals surface area contributed by atoms with Crippen LogP contribution in [-0.4, -0.2) is 17.6 Å². The third-order valence-electron chi connectivity index (χ3n) is 2.04. The van der Waals surface area contributed by atoms with Crippen LogP contribution in [0.1, 0.15) is 24.6 Å². The van der Waals surface area contributed by atoms with Gasteiger partial charge in [-0.3, -0.25) is 4.79 Å². The SMILES string of the molecule is CCOC(=O)Cc1cc(N)c(C(F)F)nc1N. The van der Waals surface area contributed by atoms with E-state index in [4.69, 9.17) is 16.2 Å². The maximum absolute atomic E-state index is 12.4. The second-order valence-electron chi connectivity index (χ2n) is 3.29. The van der Waals surface area contributed by atoms with Crippen LogP contribution in [0, 0.1) is 0 Å². The molecule has 0 aromatic carbocycles. The first-order valence-corrected chi connectivity index (χ1v) is 4.94. The summed E-state index contributed by atoms with van der Waals surface area (Å²) in [6, 6.07) is 1.22. The zero-order chi connectivity index (χ0) is 13.0. The number of rotatable bonds is 4. The van der Waals surface area contributed by atoms with Crippen molar-refractivity contribution in [2.24, 2.45) is 0 Å². The molecule has 1 rings (SSSR count). The molecule has 0 aliphatic carbocycles. The first-order chi connectivity index (χ1) is 7.95. The van der Waals surface area contributed by atoms with Crippen molar-refractivity contribution in [3.63, 3.8) is 0 Å². The first kappa shape index (κ1) is 13.1. The number of nitrogens with zero attached hydrogens (tertiary/aromatic N) is 1.